The van der Waals surface area contributed by atoms with Gasteiger partial charge in [0.15, 0.2) is 11.0 Å². The van der Waals surface area contributed by atoms with Crippen LogP contribution in [0.5, 0.6) is 0 Å². The Kier molecular flexibility index (Phi) is 3.88. The van der Waals surface area contributed by atoms with Crippen LogP contribution >= 0.6 is 0 Å². The SMILES string of the molecule is Cc1ccc([S@](=O)/N=C/[C]2[CH][CH][CH][CH]2)cc1. The minimum Gasteiger partial charge on any atom is -0.230 e. The molecule has 5 radical (unpaired) electrons. The first-order valence-electron chi connectivity index (χ1n) is 5.00. The number of aryl methyl sites for hydroxylation is 1. The Balaban J connectivity index is 1.99. The second kappa shape index (κ2) is 5.39. The van der Waals surface area contributed by atoms with Gasteiger partial charge >= 0.3 is 0 Å². The molecule has 3 heteroatoms. The molecule has 0 saturated heterocycles. The average molecular weight is 230 g/mol. The Morgan fingerprint density at radius 1 is 1.12 bits per heavy atom. The molecule has 2 nitrogen and oxygen atoms in total. The fourth-order valence-electron chi connectivity index (χ4n) is 1.30. The van der Waals surface area contributed by atoms with Crippen LogP contribution < -0.4 is 0 Å². The summed E-state index contributed by atoms with van der Waals surface area (Å²) in [5.41, 5.74) is 1.15. The van der Waals surface area contributed by atoms with Gasteiger partial charge in [0.2, 0.25) is 0 Å². The lowest BCUT2D eigenvalue weighted by Crippen LogP contribution is -1.95. The summed E-state index contributed by atoms with van der Waals surface area (Å²) in [6, 6.07) is 7.55. The summed E-state index contributed by atoms with van der Waals surface area (Å²) in [4.78, 5) is 0.730. The highest BCUT2D eigenvalue weighted by Crippen LogP contribution is 2.21. The zero-order chi connectivity index (χ0) is 11.4. The van der Waals surface area contributed by atoms with Crippen molar-refractivity contribution in [2.75, 3.05) is 0 Å². The lowest BCUT2D eigenvalue weighted by Gasteiger charge is -1.99. The predicted octanol–water partition coefficient (Wildman–Crippen LogP) is 2.49. The summed E-state index contributed by atoms with van der Waals surface area (Å²) in [6.07, 6.45) is 9.34. The lowest BCUT2D eigenvalue weighted by atomic mass is 10.1. The van der Waals surface area contributed by atoms with E-state index in [4.69, 9.17) is 0 Å². The van der Waals surface area contributed by atoms with Crippen molar-refractivity contribution in [1.29, 1.82) is 0 Å². The molecule has 0 spiro atoms. The first kappa shape index (κ1) is 11.5. The van der Waals surface area contributed by atoms with E-state index in [0.717, 1.165) is 16.4 Å². The van der Waals surface area contributed by atoms with Crippen LogP contribution in [0.15, 0.2) is 33.6 Å². The Labute approximate surface area is 99.4 Å². The largest absolute Gasteiger partial charge is 0.230 e. The maximum absolute atomic E-state index is 11.8. The molecular weight excluding hydrogens is 218 g/mol. The number of hydrogen-bond donors (Lipinski definition) is 0. The summed E-state index contributed by atoms with van der Waals surface area (Å²) in [5.74, 6) is 0.973. The molecule has 1 aromatic carbocycles. The van der Waals surface area contributed by atoms with Gasteiger partial charge in [0.25, 0.3) is 0 Å². The van der Waals surface area contributed by atoms with Gasteiger partial charge in [-0.15, -0.1) is 0 Å². The standard InChI is InChI=1S/C13H12NOS/c1-11-6-8-13(9-7-11)16(15)14-10-12-4-2-3-5-12/h2-10H,1H3/b14-10+/t16-/m0/s1. The Bertz CT molecular complexity index is 391. The van der Waals surface area contributed by atoms with Crippen LogP contribution in [0, 0.1) is 38.5 Å². The molecule has 0 bridgehead atoms. The molecule has 0 heterocycles. The van der Waals surface area contributed by atoms with Gasteiger partial charge in [-0.3, -0.25) is 0 Å². The molecule has 0 amide bonds. The minimum atomic E-state index is -1.31. The Morgan fingerprint density at radius 2 is 1.75 bits per heavy atom. The zero-order valence-corrected chi connectivity index (χ0v) is 9.78. The van der Waals surface area contributed by atoms with E-state index < -0.39 is 11.0 Å². The molecule has 1 aromatic rings. The predicted molar refractivity (Wildman–Crippen MR) is 66.5 cm³/mol. The number of rotatable bonds is 3. The molecule has 16 heavy (non-hydrogen) atoms. The summed E-state index contributed by atoms with van der Waals surface area (Å²) in [7, 11) is -1.31. The van der Waals surface area contributed by atoms with E-state index in [1.54, 1.807) is 6.21 Å². The number of nitrogens with zero attached hydrogens (tertiary/aromatic N) is 1. The topological polar surface area (TPSA) is 29.4 Å². The first-order chi connectivity index (χ1) is 7.75. The summed E-state index contributed by atoms with van der Waals surface area (Å²) < 4.78 is 15.8. The summed E-state index contributed by atoms with van der Waals surface area (Å²) in [5, 5.41) is 0. The van der Waals surface area contributed by atoms with E-state index in [-0.39, 0.29) is 0 Å². The van der Waals surface area contributed by atoms with Gasteiger partial charge in [0.05, 0.1) is 4.90 Å². The molecule has 1 saturated carbocycles. The highest BCUT2D eigenvalue weighted by atomic mass is 32.2. The van der Waals surface area contributed by atoms with Crippen LogP contribution in [0.1, 0.15) is 5.56 Å². The van der Waals surface area contributed by atoms with Crippen LogP contribution in [0.3, 0.4) is 0 Å². The van der Waals surface area contributed by atoms with Gasteiger partial charge in [-0.2, -0.15) is 4.40 Å². The molecule has 1 fully saturated rings. The van der Waals surface area contributed by atoms with Crippen LogP contribution in [-0.4, -0.2) is 10.4 Å². The van der Waals surface area contributed by atoms with Crippen molar-refractivity contribution in [3.05, 3.63) is 61.4 Å². The van der Waals surface area contributed by atoms with Crippen molar-refractivity contribution in [3.63, 3.8) is 0 Å². The Morgan fingerprint density at radius 3 is 2.38 bits per heavy atom. The van der Waals surface area contributed by atoms with Crippen molar-refractivity contribution in [2.45, 2.75) is 11.8 Å². The van der Waals surface area contributed by atoms with Crippen LogP contribution in [0.4, 0.5) is 0 Å². The molecule has 81 valence electrons. The van der Waals surface area contributed by atoms with Crippen LogP contribution in [0.2, 0.25) is 0 Å². The van der Waals surface area contributed by atoms with Crippen molar-refractivity contribution in [1.82, 2.24) is 0 Å². The Hall–Kier alpha value is -0.960. The van der Waals surface area contributed by atoms with Gasteiger partial charge in [-0.1, -0.05) is 17.7 Å². The van der Waals surface area contributed by atoms with E-state index in [2.05, 4.69) is 4.40 Å². The van der Waals surface area contributed by atoms with E-state index in [1.165, 1.54) is 0 Å². The van der Waals surface area contributed by atoms with Gasteiger partial charge in [-0.05, 0) is 44.7 Å². The average Bonchev–Trinajstić information content (AvgIpc) is 2.80. The van der Waals surface area contributed by atoms with Gasteiger partial charge < -0.3 is 0 Å². The summed E-state index contributed by atoms with van der Waals surface area (Å²) >= 11 is 0. The second-order valence-corrected chi connectivity index (χ2v) is 4.70. The molecule has 1 aliphatic rings. The molecular formula is C13H12NOS. The van der Waals surface area contributed by atoms with Gasteiger partial charge in [-0.25, -0.2) is 4.21 Å². The van der Waals surface area contributed by atoms with Crippen LogP contribution in [-0.2, 0) is 11.0 Å². The highest BCUT2D eigenvalue weighted by molar-refractivity contribution is 7.83. The van der Waals surface area contributed by atoms with Crippen molar-refractivity contribution in [2.24, 2.45) is 4.40 Å². The maximum atomic E-state index is 11.8. The van der Waals surface area contributed by atoms with Crippen molar-refractivity contribution >= 4 is 17.2 Å². The minimum absolute atomic E-state index is 0.730. The fourth-order valence-corrected chi connectivity index (χ4v) is 2.01. The van der Waals surface area contributed by atoms with E-state index >= 15 is 0 Å². The highest BCUT2D eigenvalue weighted by Gasteiger charge is 2.14. The molecule has 0 N–H and O–H groups in total. The maximum Gasteiger partial charge on any atom is 0.172 e. The smallest absolute Gasteiger partial charge is 0.172 e. The van der Waals surface area contributed by atoms with E-state index in [0.29, 0.717) is 0 Å². The van der Waals surface area contributed by atoms with Crippen molar-refractivity contribution in [3.8, 4) is 0 Å². The van der Waals surface area contributed by atoms with Gasteiger partial charge in [0, 0.05) is 12.1 Å². The molecule has 0 unspecified atom stereocenters. The fraction of sp³-hybridized carbons (Fsp3) is 0.0769. The normalized spacial score (nSPS) is 19.3. The molecule has 0 aliphatic heterocycles. The molecule has 1 aliphatic carbocycles. The first-order valence-corrected chi connectivity index (χ1v) is 6.11. The number of hydrogen-bond acceptors (Lipinski definition) is 1. The molecule has 1 atom stereocenters. The van der Waals surface area contributed by atoms with E-state index in [1.807, 2.05) is 56.9 Å². The lowest BCUT2D eigenvalue weighted by molar-refractivity contribution is 0.684. The molecule has 2 rings (SSSR count). The van der Waals surface area contributed by atoms with Crippen LogP contribution in [0.25, 0.3) is 0 Å². The number of benzene rings is 1. The monoisotopic (exact) mass is 230 g/mol. The van der Waals surface area contributed by atoms with E-state index in [9.17, 15) is 4.21 Å². The third-order valence-corrected chi connectivity index (χ3v) is 3.18. The second-order valence-electron chi connectivity index (χ2n) is 3.51. The zero-order valence-electron chi connectivity index (χ0n) is 8.96. The molecule has 0 aromatic heterocycles. The third kappa shape index (κ3) is 3.01. The van der Waals surface area contributed by atoms with Gasteiger partial charge in [0.1, 0.15) is 0 Å². The third-order valence-electron chi connectivity index (χ3n) is 2.21. The van der Waals surface area contributed by atoms with Crippen molar-refractivity contribution < 1.29 is 4.21 Å². The summed E-state index contributed by atoms with van der Waals surface area (Å²) in [6.45, 7) is 2.00. The quantitative estimate of drug-likeness (QED) is 0.734.